The SMILES string of the molecule is CC1CC(C2N=C(c3ccc(-c4ccc5sc6ccc(-c7ccc(-c8nc(-c9ccccc9)nc(-c9ccc(C(F)(F)F)cc9)n8)cc7)cc6c5c4)cc3)N=C(c3ccccc3)N2)=CC=C1C(F)(F)F. The van der Waals surface area contributed by atoms with Crippen LogP contribution in [0.5, 0.6) is 0 Å². The Labute approximate surface area is 402 Å². The maximum absolute atomic E-state index is 13.7. The van der Waals surface area contributed by atoms with Gasteiger partial charge in [0.25, 0.3) is 0 Å². The number of alkyl halides is 6. The fourth-order valence-electron chi connectivity index (χ4n) is 8.90. The van der Waals surface area contributed by atoms with Gasteiger partial charge in [-0.3, -0.25) is 0 Å². The number of nitrogens with zero attached hydrogens (tertiary/aromatic N) is 5. The number of hydrogen-bond acceptors (Lipinski definition) is 7. The molecule has 2 aliphatic rings. The standard InChI is InChI=1S/C57H38F6N6S/c1-33-30-43(22-27-47(33)57(61,62)63)55-68-51(37-10-6-3-7-11-37)66-53(69-55)39-18-14-35(15-19-39)42-24-29-49-46(32-42)45-31-41(23-28-48(45)70-49)34-12-16-38(17-13-34)52-64-50(36-8-4-2-5-9-36)65-54(67-52)40-20-25-44(26-21-40)56(58,59)60/h2-29,31-33,55H,30H2,1H3,(H,66,68,69). The zero-order chi connectivity index (χ0) is 48.1. The van der Waals surface area contributed by atoms with E-state index in [4.69, 9.17) is 20.0 Å². The van der Waals surface area contributed by atoms with Gasteiger partial charge in [-0.15, -0.1) is 11.3 Å². The summed E-state index contributed by atoms with van der Waals surface area (Å²) in [5, 5.41) is 5.61. The average molecular weight is 953 g/mol. The zero-order valence-electron chi connectivity index (χ0n) is 37.1. The Balaban J connectivity index is 0.881. The van der Waals surface area contributed by atoms with E-state index in [1.807, 2.05) is 109 Å². The van der Waals surface area contributed by atoms with E-state index in [0.717, 1.165) is 82.4 Å². The summed E-state index contributed by atoms with van der Waals surface area (Å²) in [6.45, 7) is 1.59. The van der Waals surface area contributed by atoms with Crippen LogP contribution in [0.3, 0.4) is 0 Å². The lowest BCUT2D eigenvalue weighted by molar-refractivity contribution is -0.137. The Kier molecular flexibility index (Phi) is 11.3. The number of amidine groups is 2. The van der Waals surface area contributed by atoms with Crippen LogP contribution in [0.1, 0.15) is 30.0 Å². The molecular weight excluding hydrogens is 915 g/mol. The van der Waals surface area contributed by atoms with E-state index in [1.165, 1.54) is 24.3 Å². The molecule has 6 nitrogen and oxygen atoms in total. The maximum atomic E-state index is 13.7. The number of allylic oxidation sites excluding steroid dienone is 3. The van der Waals surface area contributed by atoms with Gasteiger partial charge in [0, 0.05) is 53.6 Å². The zero-order valence-corrected chi connectivity index (χ0v) is 37.9. The lowest BCUT2D eigenvalue weighted by Gasteiger charge is -2.29. The Morgan fingerprint density at radius 3 is 1.44 bits per heavy atom. The van der Waals surface area contributed by atoms with Crippen LogP contribution in [0.15, 0.2) is 203 Å². The van der Waals surface area contributed by atoms with Crippen molar-refractivity contribution in [2.45, 2.75) is 31.9 Å². The maximum Gasteiger partial charge on any atom is 0.416 e. The molecule has 0 amide bonds. The molecule has 344 valence electrons. The van der Waals surface area contributed by atoms with Gasteiger partial charge in [0.05, 0.1) is 5.56 Å². The highest BCUT2D eigenvalue weighted by atomic mass is 32.1. The molecule has 0 bridgehead atoms. The number of halogens is 6. The lowest BCUT2D eigenvalue weighted by atomic mass is 9.86. The molecular formula is C57H38F6N6S. The third kappa shape index (κ3) is 8.91. The van der Waals surface area contributed by atoms with Gasteiger partial charge in [0.15, 0.2) is 23.3 Å². The van der Waals surface area contributed by atoms with Crippen molar-refractivity contribution in [3.8, 4) is 56.4 Å². The highest BCUT2D eigenvalue weighted by Gasteiger charge is 2.39. The predicted octanol–water partition coefficient (Wildman–Crippen LogP) is 15.2. The van der Waals surface area contributed by atoms with Gasteiger partial charge in [0.1, 0.15) is 12.0 Å². The molecule has 0 spiro atoms. The van der Waals surface area contributed by atoms with Crippen molar-refractivity contribution in [2.24, 2.45) is 15.9 Å². The molecule has 0 saturated heterocycles. The van der Waals surface area contributed by atoms with Crippen LogP contribution in [0.4, 0.5) is 26.3 Å². The average Bonchev–Trinajstić information content (AvgIpc) is 3.76. The summed E-state index contributed by atoms with van der Waals surface area (Å²) in [4.78, 5) is 24.0. The molecule has 2 atom stereocenters. The monoisotopic (exact) mass is 952 g/mol. The summed E-state index contributed by atoms with van der Waals surface area (Å²) < 4.78 is 83.5. The summed E-state index contributed by atoms with van der Waals surface area (Å²) in [5.74, 6) is 1.44. The van der Waals surface area contributed by atoms with E-state index in [-0.39, 0.29) is 12.2 Å². The molecule has 70 heavy (non-hydrogen) atoms. The van der Waals surface area contributed by atoms with Crippen LogP contribution in [0.2, 0.25) is 0 Å². The van der Waals surface area contributed by atoms with Gasteiger partial charge in [-0.2, -0.15) is 26.3 Å². The fraction of sp³-hybridized carbons (Fsp3) is 0.105. The molecule has 1 aliphatic carbocycles. The van der Waals surface area contributed by atoms with Crippen LogP contribution >= 0.6 is 11.3 Å². The number of aromatic nitrogens is 3. The number of fused-ring (bicyclic) bond motifs is 3. The molecule has 2 unspecified atom stereocenters. The van der Waals surface area contributed by atoms with E-state index >= 15 is 0 Å². The van der Waals surface area contributed by atoms with Crippen molar-refractivity contribution >= 4 is 43.2 Å². The molecule has 7 aromatic carbocycles. The van der Waals surface area contributed by atoms with Crippen LogP contribution in [0, 0.1) is 5.92 Å². The highest BCUT2D eigenvalue weighted by Crippen LogP contribution is 2.41. The second-order valence-electron chi connectivity index (χ2n) is 17.2. The number of thiophene rings is 1. The Hall–Kier alpha value is -8.03. The molecule has 13 heteroatoms. The molecule has 11 rings (SSSR count). The highest BCUT2D eigenvalue weighted by molar-refractivity contribution is 7.25. The molecule has 1 aliphatic heterocycles. The number of aliphatic imine (C=N–C) groups is 2. The minimum Gasteiger partial charge on any atom is -0.344 e. The smallest absolute Gasteiger partial charge is 0.344 e. The lowest BCUT2D eigenvalue weighted by Crippen LogP contribution is -2.41. The quantitative estimate of drug-likeness (QED) is 0.154. The number of rotatable bonds is 8. The van der Waals surface area contributed by atoms with Crippen molar-refractivity contribution < 1.29 is 26.3 Å². The molecule has 3 heterocycles. The summed E-state index contributed by atoms with van der Waals surface area (Å²) >= 11 is 1.72. The van der Waals surface area contributed by atoms with Crippen molar-refractivity contribution in [3.05, 3.63) is 210 Å². The van der Waals surface area contributed by atoms with Gasteiger partial charge < -0.3 is 5.32 Å². The van der Waals surface area contributed by atoms with Crippen LogP contribution in [-0.4, -0.2) is 39.0 Å². The van der Waals surface area contributed by atoms with E-state index in [0.29, 0.717) is 28.9 Å². The summed E-state index contributed by atoms with van der Waals surface area (Å²) in [5.41, 5.74) is 7.03. The second kappa shape index (κ2) is 17.8. The first-order valence-electron chi connectivity index (χ1n) is 22.4. The number of hydrogen-bond donors (Lipinski definition) is 1. The van der Waals surface area contributed by atoms with Gasteiger partial charge in [-0.05, 0) is 76.6 Å². The van der Waals surface area contributed by atoms with Gasteiger partial charge in [0.2, 0.25) is 0 Å². The first-order valence-corrected chi connectivity index (χ1v) is 23.3. The third-order valence-electron chi connectivity index (χ3n) is 12.6. The van der Waals surface area contributed by atoms with Crippen molar-refractivity contribution in [1.29, 1.82) is 0 Å². The Bertz CT molecular complexity index is 3560. The van der Waals surface area contributed by atoms with Crippen molar-refractivity contribution in [2.75, 3.05) is 0 Å². The van der Waals surface area contributed by atoms with Crippen LogP contribution in [-0.2, 0) is 6.18 Å². The second-order valence-corrected chi connectivity index (χ2v) is 18.3. The largest absolute Gasteiger partial charge is 0.416 e. The first-order chi connectivity index (χ1) is 33.8. The molecule has 9 aromatic rings. The predicted molar refractivity (Wildman–Crippen MR) is 267 cm³/mol. The number of benzene rings is 7. The van der Waals surface area contributed by atoms with Crippen molar-refractivity contribution in [1.82, 2.24) is 20.3 Å². The summed E-state index contributed by atoms with van der Waals surface area (Å²) in [6.07, 6.45) is -6.52. The molecule has 0 radical (unpaired) electrons. The topological polar surface area (TPSA) is 75.4 Å². The van der Waals surface area contributed by atoms with E-state index in [2.05, 4.69) is 46.7 Å². The molecule has 0 saturated carbocycles. The van der Waals surface area contributed by atoms with E-state index in [1.54, 1.807) is 18.3 Å². The minimum atomic E-state index is -4.46. The number of nitrogens with one attached hydrogen (secondary N) is 1. The Morgan fingerprint density at radius 1 is 0.486 bits per heavy atom. The Morgan fingerprint density at radius 2 is 0.943 bits per heavy atom. The van der Waals surface area contributed by atoms with Gasteiger partial charge in [-0.1, -0.05) is 153 Å². The fourth-order valence-corrected chi connectivity index (χ4v) is 9.96. The minimum absolute atomic E-state index is 0.215. The van der Waals surface area contributed by atoms with Crippen LogP contribution in [0.25, 0.3) is 76.6 Å². The molecule has 2 aromatic heterocycles. The van der Waals surface area contributed by atoms with Gasteiger partial charge >= 0.3 is 12.4 Å². The first kappa shape index (κ1) is 44.5. The van der Waals surface area contributed by atoms with E-state index < -0.39 is 35.6 Å². The molecule has 1 N–H and O–H groups in total. The summed E-state index contributed by atoms with van der Waals surface area (Å²) in [7, 11) is 0. The molecule has 0 fully saturated rings. The van der Waals surface area contributed by atoms with Crippen LogP contribution < -0.4 is 5.32 Å². The van der Waals surface area contributed by atoms with Gasteiger partial charge in [-0.25, -0.2) is 24.9 Å². The normalized spacial score (nSPS) is 16.3. The third-order valence-corrected chi connectivity index (χ3v) is 13.7. The summed E-state index contributed by atoms with van der Waals surface area (Å²) in [6, 6.07) is 52.7. The van der Waals surface area contributed by atoms with Crippen molar-refractivity contribution in [3.63, 3.8) is 0 Å². The van der Waals surface area contributed by atoms with E-state index in [9.17, 15) is 26.3 Å².